The van der Waals surface area contributed by atoms with Crippen molar-refractivity contribution in [3.63, 3.8) is 0 Å². The molecule has 3 rings (SSSR count). The van der Waals surface area contributed by atoms with E-state index >= 15 is 0 Å². The summed E-state index contributed by atoms with van der Waals surface area (Å²) >= 11 is 0. The SMILES string of the molecule is Cc1ccc(C2(CCn3ccccc3=O)CCCC2)cc1. The quantitative estimate of drug-likeness (QED) is 0.828. The van der Waals surface area contributed by atoms with Crippen molar-refractivity contribution in [2.75, 3.05) is 0 Å². The lowest BCUT2D eigenvalue weighted by atomic mass is 9.76. The highest BCUT2D eigenvalue weighted by Gasteiger charge is 2.35. The van der Waals surface area contributed by atoms with Crippen molar-refractivity contribution >= 4 is 0 Å². The Morgan fingerprint density at radius 3 is 2.43 bits per heavy atom. The molecule has 1 heterocycles. The zero-order chi connectivity index (χ0) is 14.7. The van der Waals surface area contributed by atoms with Crippen molar-refractivity contribution in [1.82, 2.24) is 4.57 Å². The topological polar surface area (TPSA) is 22.0 Å². The average molecular weight is 281 g/mol. The van der Waals surface area contributed by atoms with E-state index in [1.807, 2.05) is 22.9 Å². The standard InChI is InChI=1S/C19H23NO/c1-16-7-9-17(10-8-16)19(11-3-4-12-19)13-15-20-14-5-2-6-18(20)21/h2,5-10,14H,3-4,11-13,15H2,1H3. The van der Waals surface area contributed by atoms with Gasteiger partial charge in [0.05, 0.1) is 0 Å². The van der Waals surface area contributed by atoms with Gasteiger partial charge in [-0.25, -0.2) is 0 Å². The highest BCUT2D eigenvalue weighted by molar-refractivity contribution is 5.29. The van der Waals surface area contributed by atoms with Crippen LogP contribution in [-0.2, 0) is 12.0 Å². The van der Waals surface area contributed by atoms with Crippen molar-refractivity contribution in [3.05, 3.63) is 70.1 Å². The minimum absolute atomic E-state index is 0.106. The van der Waals surface area contributed by atoms with Crippen molar-refractivity contribution in [3.8, 4) is 0 Å². The summed E-state index contributed by atoms with van der Waals surface area (Å²) in [4.78, 5) is 11.9. The zero-order valence-electron chi connectivity index (χ0n) is 12.7. The van der Waals surface area contributed by atoms with E-state index in [1.54, 1.807) is 6.07 Å². The molecule has 1 saturated carbocycles. The molecule has 2 heteroatoms. The number of hydrogen-bond acceptors (Lipinski definition) is 1. The Balaban J connectivity index is 1.83. The van der Waals surface area contributed by atoms with Crippen molar-refractivity contribution in [2.24, 2.45) is 0 Å². The van der Waals surface area contributed by atoms with E-state index in [1.165, 1.54) is 36.8 Å². The summed E-state index contributed by atoms with van der Waals surface area (Å²) < 4.78 is 1.84. The first-order valence-corrected chi connectivity index (χ1v) is 7.92. The summed E-state index contributed by atoms with van der Waals surface area (Å²) in [5.41, 5.74) is 3.14. The molecule has 0 amide bonds. The molecule has 2 nitrogen and oxygen atoms in total. The largest absolute Gasteiger partial charge is 0.316 e. The second-order valence-corrected chi connectivity index (χ2v) is 6.34. The zero-order valence-corrected chi connectivity index (χ0v) is 12.7. The number of aryl methyl sites for hydroxylation is 2. The van der Waals surface area contributed by atoms with Gasteiger partial charge < -0.3 is 4.57 Å². The number of nitrogens with zero attached hydrogens (tertiary/aromatic N) is 1. The molecule has 1 aliphatic rings. The summed E-state index contributed by atoms with van der Waals surface area (Å²) in [5.74, 6) is 0. The molecule has 21 heavy (non-hydrogen) atoms. The fourth-order valence-corrected chi connectivity index (χ4v) is 3.62. The fourth-order valence-electron chi connectivity index (χ4n) is 3.62. The Morgan fingerprint density at radius 2 is 1.76 bits per heavy atom. The molecular formula is C19H23NO. The molecule has 1 aromatic carbocycles. The van der Waals surface area contributed by atoms with Crippen LogP contribution in [0.4, 0.5) is 0 Å². The molecule has 2 aromatic rings. The monoisotopic (exact) mass is 281 g/mol. The van der Waals surface area contributed by atoms with Gasteiger partial charge in [0.25, 0.3) is 0 Å². The first-order valence-electron chi connectivity index (χ1n) is 7.92. The Bertz CT molecular complexity index is 648. The Kier molecular flexibility index (Phi) is 3.96. The minimum atomic E-state index is 0.106. The predicted octanol–water partition coefficient (Wildman–Crippen LogP) is 4.06. The number of rotatable bonds is 4. The van der Waals surface area contributed by atoms with Crippen LogP contribution in [0, 0.1) is 6.92 Å². The van der Waals surface area contributed by atoms with Crippen LogP contribution in [0.1, 0.15) is 43.2 Å². The second kappa shape index (κ2) is 5.88. The summed E-state index contributed by atoms with van der Waals surface area (Å²) in [6, 6.07) is 14.4. The highest BCUT2D eigenvalue weighted by atomic mass is 16.1. The van der Waals surface area contributed by atoms with Gasteiger partial charge in [-0.05, 0) is 43.2 Å². The molecule has 0 N–H and O–H groups in total. The molecule has 0 saturated heterocycles. The molecule has 1 fully saturated rings. The molecule has 0 spiro atoms. The lowest BCUT2D eigenvalue weighted by Gasteiger charge is -2.30. The second-order valence-electron chi connectivity index (χ2n) is 6.34. The maximum atomic E-state index is 11.9. The molecule has 0 atom stereocenters. The maximum Gasteiger partial charge on any atom is 0.250 e. The van der Waals surface area contributed by atoms with Gasteiger partial charge in [0.1, 0.15) is 0 Å². The van der Waals surface area contributed by atoms with Crippen molar-refractivity contribution in [2.45, 2.75) is 51.0 Å². The first kappa shape index (κ1) is 14.1. The van der Waals surface area contributed by atoms with E-state index in [9.17, 15) is 4.79 Å². The van der Waals surface area contributed by atoms with Gasteiger partial charge in [-0.3, -0.25) is 4.79 Å². The molecule has 0 radical (unpaired) electrons. The van der Waals surface area contributed by atoms with E-state index in [0.29, 0.717) is 0 Å². The summed E-state index contributed by atoms with van der Waals surface area (Å²) in [6.45, 7) is 2.95. The molecule has 110 valence electrons. The van der Waals surface area contributed by atoms with Crippen LogP contribution in [0.3, 0.4) is 0 Å². The number of hydrogen-bond donors (Lipinski definition) is 0. The highest BCUT2D eigenvalue weighted by Crippen LogP contribution is 2.44. The van der Waals surface area contributed by atoms with Crippen LogP contribution in [0.15, 0.2) is 53.5 Å². The van der Waals surface area contributed by atoms with Gasteiger partial charge in [-0.15, -0.1) is 0 Å². The summed E-state index contributed by atoms with van der Waals surface area (Å²) in [5, 5.41) is 0. The third-order valence-corrected chi connectivity index (χ3v) is 4.95. The molecule has 1 aromatic heterocycles. The molecule has 0 bridgehead atoms. The van der Waals surface area contributed by atoms with Crippen molar-refractivity contribution in [1.29, 1.82) is 0 Å². The van der Waals surface area contributed by atoms with Crippen LogP contribution < -0.4 is 5.56 Å². The van der Waals surface area contributed by atoms with Gasteiger partial charge in [0, 0.05) is 18.8 Å². The third kappa shape index (κ3) is 2.94. The van der Waals surface area contributed by atoms with Gasteiger partial charge in [-0.2, -0.15) is 0 Å². The van der Waals surface area contributed by atoms with Crippen LogP contribution in [0.5, 0.6) is 0 Å². The van der Waals surface area contributed by atoms with Crippen LogP contribution in [0.2, 0.25) is 0 Å². The first-order chi connectivity index (χ1) is 10.2. The van der Waals surface area contributed by atoms with Crippen LogP contribution in [0.25, 0.3) is 0 Å². The predicted molar refractivity (Wildman–Crippen MR) is 86.6 cm³/mol. The van der Waals surface area contributed by atoms with Gasteiger partial charge in [0.15, 0.2) is 0 Å². The molecule has 1 aliphatic carbocycles. The van der Waals surface area contributed by atoms with E-state index in [4.69, 9.17) is 0 Å². The molecule has 0 unspecified atom stereocenters. The maximum absolute atomic E-state index is 11.9. The summed E-state index contributed by atoms with van der Waals surface area (Å²) in [6.07, 6.45) is 8.06. The molecular weight excluding hydrogens is 258 g/mol. The Hall–Kier alpha value is -1.83. The normalized spacial score (nSPS) is 17.0. The number of benzene rings is 1. The Labute approximate surface area is 126 Å². The van der Waals surface area contributed by atoms with Crippen molar-refractivity contribution < 1.29 is 0 Å². The third-order valence-electron chi connectivity index (χ3n) is 4.95. The van der Waals surface area contributed by atoms with Gasteiger partial charge >= 0.3 is 0 Å². The molecule has 0 aliphatic heterocycles. The average Bonchev–Trinajstić information content (AvgIpc) is 2.97. The fraction of sp³-hybridized carbons (Fsp3) is 0.421. The van der Waals surface area contributed by atoms with Gasteiger partial charge in [-0.1, -0.05) is 48.7 Å². The van der Waals surface area contributed by atoms with E-state index < -0.39 is 0 Å². The minimum Gasteiger partial charge on any atom is -0.316 e. The van der Waals surface area contributed by atoms with E-state index in [2.05, 4.69) is 31.2 Å². The van der Waals surface area contributed by atoms with E-state index in [-0.39, 0.29) is 11.0 Å². The van der Waals surface area contributed by atoms with Crippen LogP contribution >= 0.6 is 0 Å². The lowest BCUT2D eigenvalue weighted by molar-refractivity contribution is 0.374. The lowest BCUT2D eigenvalue weighted by Crippen LogP contribution is -2.27. The van der Waals surface area contributed by atoms with Crippen LogP contribution in [-0.4, -0.2) is 4.57 Å². The van der Waals surface area contributed by atoms with Gasteiger partial charge in [0.2, 0.25) is 5.56 Å². The van der Waals surface area contributed by atoms with E-state index in [0.717, 1.165) is 13.0 Å². The number of pyridine rings is 1. The summed E-state index contributed by atoms with van der Waals surface area (Å²) in [7, 11) is 0. The smallest absolute Gasteiger partial charge is 0.250 e. The number of aromatic nitrogens is 1. The Morgan fingerprint density at radius 1 is 1.05 bits per heavy atom.